The number of aromatic nitrogens is 4. The van der Waals surface area contributed by atoms with Gasteiger partial charge in [0.2, 0.25) is 4.77 Å². The van der Waals surface area contributed by atoms with Gasteiger partial charge in [0, 0.05) is 24.6 Å². The van der Waals surface area contributed by atoms with Gasteiger partial charge in [-0.25, -0.2) is 0 Å². The van der Waals surface area contributed by atoms with Crippen molar-refractivity contribution in [2.75, 3.05) is 0 Å². The first-order valence-corrected chi connectivity index (χ1v) is 5.48. The van der Waals surface area contributed by atoms with Crippen LogP contribution >= 0.6 is 12.2 Å². The third-order valence-corrected chi connectivity index (χ3v) is 2.99. The number of rotatable bonds is 1. The first-order valence-electron chi connectivity index (χ1n) is 5.07. The molecule has 8 heteroatoms. The summed E-state index contributed by atoms with van der Waals surface area (Å²) < 4.78 is 2.09. The minimum absolute atomic E-state index is 0.0271. The molecule has 90 valence electrons. The maximum atomic E-state index is 10.8. The Bertz CT molecular complexity index is 850. The van der Waals surface area contributed by atoms with Gasteiger partial charge in [0.25, 0.3) is 5.69 Å². The zero-order valence-corrected chi connectivity index (χ0v) is 10.1. The summed E-state index contributed by atoms with van der Waals surface area (Å²) >= 11 is 4.92. The van der Waals surface area contributed by atoms with Crippen molar-refractivity contribution in [2.45, 2.75) is 0 Å². The Hall–Kier alpha value is -2.35. The summed E-state index contributed by atoms with van der Waals surface area (Å²) in [6.45, 7) is 0. The maximum absolute atomic E-state index is 10.8. The first-order chi connectivity index (χ1) is 8.58. The van der Waals surface area contributed by atoms with Crippen LogP contribution in [0.3, 0.4) is 0 Å². The van der Waals surface area contributed by atoms with Gasteiger partial charge in [-0.15, -0.1) is 0 Å². The molecule has 18 heavy (non-hydrogen) atoms. The highest BCUT2D eigenvalue weighted by Gasteiger charge is 2.14. The van der Waals surface area contributed by atoms with Gasteiger partial charge in [-0.05, 0) is 18.3 Å². The topological polar surface area (TPSA) is 89.6 Å². The summed E-state index contributed by atoms with van der Waals surface area (Å²) in [6.07, 6.45) is 0. The smallest absolute Gasteiger partial charge is 0.270 e. The molecule has 0 fully saturated rings. The predicted molar refractivity (Wildman–Crippen MR) is 67.9 cm³/mol. The van der Waals surface area contributed by atoms with Gasteiger partial charge in [-0.2, -0.15) is 10.1 Å². The molecule has 2 heterocycles. The van der Waals surface area contributed by atoms with Gasteiger partial charge >= 0.3 is 0 Å². The van der Waals surface area contributed by atoms with E-state index in [-0.39, 0.29) is 10.5 Å². The van der Waals surface area contributed by atoms with E-state index in [9.17, 15) is 10.1 Å². The Balaban J connectivity index is 2.52. The maximum Gasteiger partial charge on any atom is 0.270 e. The molecule has 0 spiro atoms. The van der Waals surface area contributed by atoms with Crippen LogP contribution in [0.1, 0.15) is 0 Å². The van der Waals surface area contributed by atoms with Crippen molar-refractivity contribution in [1.29, 1.82) is 0 Å². The van der Waals surface area contributed by atoms with Gasteiger partial charge in [-0.3, -0.25) is 15.2 Å². The second-order valence-electron chi connectivity index (χ2n) is 3.83. The predicted octanol–water partition coefficient (Wildman–Crippen LogP) is 2.09. The van der Waals surface area contributed by atoms with Crippen molar-refractivity contribution in [1.82, 2.24) is 19.7 Å². The molecule has 0 aliphatic heterocycles. The average molecular weight is 261 g/mol. The van der Waals surface area contributed by atoms with Crippen LogP contribution in [0.5, 0.6) is 0 Å². The number of hydrogen-bond donors (Lipinski definition) is 1. The van der Waals surface area contributed by atoms with E-state index in [4.69, 9.17) is 12.2 Å². The number of hydrogen-bond acceptors (Lipinski definition) is 5. The van der Waals surface area contributed by atoms with E-state index < -0.39 is 4.92 Å². The van der Waals surface area contributed by atoms with E-state index in [1.165, 1.54) is 12.1 Å². The fourth-order valence-electron chi connectivity index (χ4n) is 1.98. The number of nitro benzene ring substituents is 1. The lowest BCUT2D eigenvalue weighted by molar-refractivity contribution is -0.384. The van der Waals surface area contributed by atoms with Crippen LogP contribution in [0.25, 0.3) is 22.1 Å². The van der Waals surface area contributed by atoms with Crippen LogP contribution in [0, 0.1) is 14.9 Å². The average Bonchev–Trinajstić information content (AvgIpc) is 2.62. The zero-order valence-electron chi connectivity index (χ0n) is 9.25. The highest BCUT2D eigenvalue weighted by atomic mass is 32.1. The fourth-order valence-corrected chi connectivity index (χ4v) is 2.11. The normalized spacial score (nSPS) is 11.2. The number of benzene rings is 1. The highest BCUT2D eigenvalue weighted by molar-refractivity contribution is 7.71. The van der Waals surface area contributed by atoms with Gasteiger partial charge in [0.05, 0.1) is 10.4 Å². The molecule has 0 unspecified atom stereocenters. The van der Waals surface area contributed by atoms with Crippen LogP contribution in [-0.2, 0) is 7.05 Å². The first kappa shape index (κ1) is 10.8. The summed E-state index contributed by atoms with van der Waals surface area (Å²) in [7, 11) is 1.82. The van der Waals surface area contributed by atoms with E-state index in [2.05, 4.69) is 15.2 Å². The lowest BCUT2D eigenvalue weighted by Gasteiger charge is -1.95. The Morgan fingerprint density at radius 2 is 2.28 bits per heavy atom. The molecule has 1 N–H and O–H groups in total. The third kappa shape index (κ3) is 1.39. The largest absolute Gasteiger partial charge is 0.327 e. The zero-order chi connectivity index (χ0) is 12.9. The highest BCUT2D eigenvalue weighted by Crippen LogP contribution is 2.27. The van der Waals surface area contributed by atoms with Crippen LogP contribution in [0.2, 0.25) is 0 Å². The number of nitrogens with zero attached hydrogens (tertiary/aromatic N) is 4. The van der Waals surface area contributed by atoms with Crippen molar-refractivity contribution in [3.63, 3.8) is 0 Å². The molecule has 0 aliphatic rings. The number of fused-ring (bicyclic) bond motifs is 3. The molecule has 0 saturated heterocycles. The SMILES string of the molecule is Cn1c2ccc([N+](=O)[O-])cc2c2n[nH]c(=S)nc21. The third-order valence-electron chi connectivity index (χ3n) is 2.81. The molecule has 1 aromatic carbocycles. The summed E-state index contributed by atoms with van der Waals surface area (Å²) in [6, 6.07) is 4.63. The molecular formula is C10H7N5O2S. The van der Waals surface area contributed by atoms with E-state index >= 15 is 0 Å². The number of non-ortho nitro benzene ring substituents is 1. The van der Waals surface area contributed by atoms with Crippen molar-refractivity contribution in [2.24, 2.45) is 7.05 Å². The second-order valence-corrected chi connectivity index (χ2v) is 4.22. The molecule has 2 aromatic heterocycles. The van der Waals surface area contributed by atoms with E-state index in [1.54, 1.807) is 6.07 Å². The molecule has 0 radical (unpaired) electrons. The Labute approximate surface area is 105 Å². The number of H-pyrrole nitrogens is 1. The summed E-state index contributed by atoms with van der Waals surface area (Å²) in [5, 5.41) is 18.2. The molecule has 3 rings (SSSR count). The number of aryl methyl sites for hydroxylation is 1. The van der Waals surface area contributed by atoms with Gasteiger partial charge in [-0.1, -0.05) is 0 Å². The van der Waals surface area contributed by atoms with Gasteiger partial charge in [0.15, 0.2) is 5.65 Å². The standard InChI is InChI=1S/C10H7N5O2S/c1-14-7-3-2-5(15(16)17)4-6(7)8-9(14)11-10(18)13-12-8/h2-4H,1H3,(H,11,13,18). The lowest BCUT2D eigenvalue weighted by Crippen LogP contribution is -1.92. The number of aromatic amines is 1. The Morgan fingerprint density at radius 3 is 3.00 bits per heavy atom. The lowest BCUT2D eigenvalue weighted by atomic mass is 10.2. The molecule has 7 nitrogen and oxygen atoms in total. The molecule has 0 bridgehead atoms. The summed E-state index contributed by atoms with van der Waals surface area (Å²) in [5.74, 6) is 0. The summed E-state index contributed by atoms with van der Waals surface area (Å²) in [5.41, 5.74) is 2.03. The van der Waals surface area contributed by atoms with Crippen molar-refractivity contribution < 1.29 is 4.92 Å². The fraction of sp³-hybridized carbons (Fsp3) is 0.100. The van der Waals surface area contributed by atoms with Crippen molar-refractivity contribution in [3.05, 3.63) is 33.1 Å². The molecule has 0 atom stereocenters. The summed E-state index contributed by atoms with van der Waals surface area (Å²) in [4.78, 5) is 14.5. The van der Waals surface area contributed by atoms with Crippen molar-refractivity contribution in [3.8, 4) is 0 Å². The Kier molecular flexibility index (Phi) is 2.14. The minimum Gasteiger partial charge on any atom is -0.327 e. The van der Waals surface area contributed by atoms with Crippen LogP contribution < -0.4 is 0 Å². The quantitative estimate of drug-likeness (QED) is 0.411. The molecule has 0 amide bonds. The molecular weight excluding hydrogens is 254 g/mol. The molecule has 3 aromatic rings. The molecule has 0 aliphatic carbocycles. The van der Waals surface area contributed by atoms with Crippen LogP contribution in [-0.4, -0.2) is 24.7 Å². The van der Waals surface area contributed by atoms with Crippen LogP contribution in [0.4, 0.5) is 5.69 Å². The molecule has 0 saturated carbocycles. The minimum atomic E-state index is -0.434. The second kappa shape index (κ2) is 3.57. The van der Waals surface area contributed by atoms with E-state index in [0.717, 1.165) is 5.52 Å². The van der Waals surface area contributed by atoms with Crippen molar-refractivity contribution >= 4 is 40.0 Å². The van der Waals surface area contributed by atoms with Gasteiger partial charge in [0.1, 0.15) is 5.52 Å². The van der Waals surface area contributed by atoms with E-state index in [0.29, 0.717) is 16.6 Å². The van der Waals surface area contributed by atoms with Gasteiger partial charge < -0.3 is 4.57 Å². The Morgan fingerprint density at radius 1 is 1.50 bits per heavy atom. The number of nitro groups is 1. The van der Waals surface area contributed by atoms with E-state index in [1.807, 2.05) is 11.6 Å². The number of nitrogens with one attached hydrogen (secondary N) is 1. The monoisotopic (exact) mass is 261 g/mol. The van der Waals surface area contributed by atoms with Crippen LogP contribution in [0.15, 0.2) is 18.2 Å².